The Morgan fingerprint density at radius 1 is 0.950 bits per heavy atom. The average Bonchev–Trinajstić information content (AvgIpc) is 3.58. The molecule has 10 heteroatoms. The molecular weight excluding hydrogens is 527 g/mol. The van der Waals surface area contributed by atoms with Crippen molar-refractivity contribution in [2.75, 3.05) is 13.1 Å². The maximum absolute atomic E-state index is 13.5. The van der Waals surface area contributed by atoms with Gasteiger partial charge in [-0.2, -0.15) is 13.2 Å². The first-order chi connectivity index (χ1) is 19.1. The fraction of sp³-hybridized carbons (Fsp3) is 0.267. The van der Waals surface area contributed by atoms with Crippen molar-refractivity contribution < 1.29 is 26.7 Å². The molecular formula is C30H27F5N4O. The fourth-order valence-corrected chi connectivity index (χ4v) is 5.02. The van der Waals surface area contributed by atoms with Gasteiger partial charge in [-0.3, -0.25) is 9.69 Å². The summed E-state index contributed by atoms with van der Waals surface area (Å²) in [6.45, 7) is 2.16. The molecule has 4 aromatic rings. The zero-order valence-corrected chi connectivity index (χ0v) is 21.4. The van der Waals surface area contributed by atoms with Crippen LogP contribution in [-0.4, -0.2) is 33.4 Å². The van der Waals surface area contributed by atoms with Crippen LogP contribution in [0, 0.1) is 17.6 Å². The number of likely N-dealkylation sites (tertiary alicyclic amines) is 1. The Bertz CT molecular complexity index is 1390. The monoisotopic (exact) mass is 554 g/mol. The van der Waals surface area contributed by atoms with Gasteiger partial charge in [0.25, 0.3) is 0 Å². The summed E-state index contributed by atoms with van der Waals surface area (Å²) in [6.07, 6.45) is 1.14. The highest BCUT2D eigenvalue weighted by atomic mass is 19.4. The van der Waals surface area contributed by atoms with E-state index in [4.69, 9.17) is 0 Å². The van der Waals surface area contributed by atoms with Gasteiger partial charge in [0.1, 0.15) is 17.5 Å². The predicted molar refractivity (Wildman–Crippen MR) is 139 cm³/mol. The van der Waals surface area contributed by atoms with E-state index in [-0.39, 0.29) is 23.5 Å². The Balaban J connectivity index is 1.17. The van der Waals surface area contributed by atoms with E-state index in [2.05, 4.69) is 15.2 Å². The van der Waals surface area contributed by atoms with E-state index < -0.39 is 17.8 Å². The molecule has 0 saturated carbocycles. The number of alkyl halides is 3. The zero-order chi connectivity index (χ0) is 28.3. The van der Waals surface area contributed by atoms with Gasteiger partial charge in [0, 0.05) is 38.1 Å². The third kappa shape index (κ3) is 6.74. The number of hydrogen-bond acceptors (Lipinski definition) is 3. The van der Waals surface area contributed by atoms with Crippen LogP contribution in [0.1, 0.15) is 41.1 Å². The molecule has 208 valence electrons. The van der Waals surface area contributed by atoms with E-state index in [1.807, 2.05) is 12.3 Å². The maximum atomic E-state index is 13.5. The number of benzene rings is 2. The van der Waals surface area contributed by atoms with Gasteiger partial charge in [0.05, 0.1) is 11.6 Å². The van der Waals surface area contributed by atoms with Crippen LogP contribution in [0.25, 0.3) is 5.82 Å². The number of carbonyl (C=O) groups is 1. The molecule has 1 fully saturated rings. The SMILES string of the molecule is O=C(CC1CCN(Cc2ccn(-c3ccc(C(F)(F)F)cn3)c2)C1)NC(c1ccc(F)cc1)c1ccc(F)cc1. The van der Waals surface area contributed by atoms with E-state index in [9.17, 15) is 26.7 Å². The van der Waals surface area contributed by atoms with Crippen molar-refractivity contribution >= 4 is 5.91 Å². The molecule has 1 atom stereocenters. The molecule has 1 N–H and O–H groups in total. The quantitative estimate of drug-likeness (QED) is 0.261. The van der Waals surface area contributed by atoms with Gasteiger partial charge in [0.2, 0.25) is 5.91 Å². The van der Waals surface area contributed by atoms with Crippen LogP contribution < -0.4 is 5.32 Å². The molecule has 2 aromatic heterocycles. The molecule has 5 rings (SSSR count). The van der Waals surface area contributed by atoms with Gasteiger partial charge < -0.3 is 9.88 Å². The van der Waals surface area contributed by atoms with Crippen molar-refractivity contribution in [2.24, 2.45) is 5.92 Å². The molecule has 0 bridgehead atoms. The van der Waals surface area contributed by atoms with Crippen LogP contribution >= 0.6 is 0 Å². The van der Waals surface area contributed by atoms with Gasteiger partial charge in [-0.1, -0.05) is 24.3 Å². The molecule has 1 aliphatic rings. The van der Waals surface area contributed by atoms with Crippen LogP contribution in [0.4, 0.5) is 22.0 Å². The van der Waals surface area contributed by atoms with Crippen LogP contribution in [0.2, 0.25) is 0 Å². The molecule has 3 heterocycles. The van der Waals surface area contributed by atoms with E-state index >= 15 is 0 Å². The van der Waals surface area contributed by atoms with E-state index in [0.717, 1.165) is 37.3 Å². The molecule has 1 amide bonds. The number of amides is 1. The third-order valence-corrected chi connectivity index (χ3v) is 7.06. The van der Waals surface area contributed by atoms with Crippen molar-refractivity contribution in [3.8, 4) is 5.82 Å². The van der Waals surface area contributed by atoms with Gasteiger partial charge in [-0.05, 0) is 78.0 Å². The molecule has 1 aliphatic heterocycles. The number of rotatable bonds is 8. The van der Waals surface area contributed by atoms with Crippen LogP contribution in [0.3, 0.4) is 0 Å². The van der Waals surface area contributed by atoms with Crippen molar-refractivity contribution in [1.82, 2.24) is 19.8 Å². The summed E-state index contributed by atoms with van der Waals surface area (Å²) in [5.41, 5.74) is 1.58. The number of halogens is 5. The minimum Gasteiger partial charge on any atom is -0.345 e. The van der Waals surface area contributed by atoms with Crippen molar-refractivity contribution in [3.05, 3.63) is 119 Å². The summed E-state index contributed by atoms with van der Waals surface area (Å²) in [7, 11) is 0. The smallest absolute Gasteiger partial charge is 0.345 e. The summed E-state index contributed by atoms with van der Waals surface area (Å²) in [5, 5.41) is 3.03. The highest BCUT2D eigenvalue weighted by Gasteiger charge is 2.31. The lowest BCUT2D eigenvalue weighted by Crippen LogP contribution is -2.31. The molecule has 2 aromatic carbocycles. The second kappa shape index (κ2) is 11.6. The third-order valence-electron chi connectivity index (χ3n) is 7.06. The van der Waals surface area contributed by atoms with Gasteiger partial charge in [0.15, 0.2) is 0 Å². The molecule has 1 unspecified atom stereocenters. The first kappa shape index (κ1) is 27.5. The minimum absolute atomic E-state index is 0.140. The summed E-state index contributed by atoms with van der Waals surface area (Å²) < 4.78 is 67.1. The Hall–Kier alpha value is -4.05. The first-order valence-electron chi connectivity index (χ1n) is 12.9. The highest BCUT2D eigenvalue weighted by Crippen LogP contribution is 2.29. The molecule has 0 aliphatic carbocycles. The van der Waals surface area contributed by atoms with Crippen molar-refractivity contribution in [1.29, 1.82) is 0 Å². The summed E-state index contributed by atoms with van der Waals surface area (Å²) in [6, 6.07) is 15.4. The van der Waals surface area contributed by atoms with Crippen LogP contribution in [0.15, 0.2) is 85.3 Å². The molecule has 40 heavy (non-hydrogen) atoms. The fourth-order valence-electron chi connectivity index (χ4n) is 5.02. The number of nitrogens with one attached hydrogen (secondary N) is 1. The number of pyridine rings is 1. The summed E-state index contributed by atoms with van der Waals surface area (Å²) in [5.74, 6) is -0.382. The number of hydrogen-bond donors (Lipinski definition) is 1. The Labute approximate surface area is 228 Å². The number of aromatic nitrogens is 2. The lowest BCUT2D eigenvalue weighted by Gasteiger charge is -2.21. The van der Waals surface area contributed by atoms with Gasteiger partial charge >= 0.3 is 6.18 Å². The maximum Gasteiger partial charge on any atom is 0.417 e. The topological polar surface area (TPSA) is 50.2 Å². The number of nitrogens with zero attached hydrogens (tertiary/aromatic N) is 3. The normalized spacial score (nSPS) is 16.0. The zero-order valence-electron chi connectivity index (χ0n) is 21.4. The summed E-state index contributed by atoms with van der Waals surface area (Å²) >= 11 is 0. The molecule has 1 saturated heterocycles. The second-order valence-corrected chi connectivity index (χ2v) is 10.0. The summed E-state index contributed by atoms with van der Waals surface area (Å²) in [4.78, 5) is 19.2. The average molecular weight is 555 g/mol. The number of carbonyl (C=O) groups excluding carboxylic acids is 1. The molecule has 5 nitrogen and oxygen atoms in total. The van der Waals surface area contributed by atoms with Crippen molar-refractivity contribution in [2.45, 2.75) is 31.6 Å². The second-order valence-electron chi connectivity index (χ2n) is 10.0. The molecule has 0 radical (unpaired) electrons. The first-order valence-corrected chi connectivity index (χ1v) is 12.9. The van der Waals surface area contributed by atoms with Crippen LogP contribution in [0.5, 0.6) is 0 Å². The standard InChI is InChI=1S/C30H27F5N4O/c31-25-6-1-22(2-7-25)29(23-3-8-26(32)9-4-23)37-28(40)15-20-11-13-38(17-20)18-21-12-14-39(19-21)27-10-5-24(16-36-27)30(33,34)35/h1-10,12,14,16,19-20,29H,11,13,15,17-18H2,(H,37,40). The Morgan fingerprint density at radius 2 is 1.60 bits per heavy atom. The largest absolute Gasteiger partial charge is 0.417 e. The Kier molecular flexibility index (Phi) is 7.97. The Morgan fingerprint density at radius 3 is 2.17 bits per heavy atom. The van der Waals surface area contributed by atoms with Gasteiger partial charge in [-0.15, -0.1) is 0 Å². The van der Waals surface area contributed by atoms with Crippen molar-refractivity contribution in [3.63, 3.8) is 0 Å². The van der Waals surface area contributed by atoms with E-state index in [0.29, 0.717) is 29.9 Å². The van der Waals surface area contributed by atoms with E-state index in [1.165, 1.54) is 30.3 Å². The lowest BCUT2D eigenvalue weighted by atomic mass is 9.97. The van der Waals surface area contributed by atoms with Gasteiger partial charge in [-0.25, -0.2) is 13.8 Å². The predicted octanol–water partition coefficient (Wildman–Crippen LogP) is 6.29. The van der Waals surface area contributed by atoms with E-state index in [1.54, 1.807) is 35.0 Å². The highest BCUT2D eigenvalue weighted by molar-refractivity contribution is 5.77. The molecule has 0 spiro atoms. The minimum atomic E-state index is -4.43. The lowest BCUT2D eigenvalue weighted by molar-refractivity contribution is -0.137. The van der Waals surface area contributed by atoms with Crippen LogP contribution in [-0.2, 0) is 17.5 Å².